The van der Waals surface area contributed by atoms with Crippen molar-refractivity contribution in [3.8, 4) is 17.1 Å². The number of hydrogen-bond acceptors (Lipinski definition) is 5. The number of carbonyl (C=O) groups excluding carboxylic acids is 1. The van der Waals surface area contributed by atoms with Crippen LogP contribution in [0.15, 0.2) is 48.7 Å². The van der Waals surface area contributed by atoms with Crippen molar-refractivity contribution in [1.29, 1.82) is 0 Å². The second kappa shape index (κ2) is 7.05. The van der Waals surface area contributed by atoms with Crippen molar-refractivity contribution in [2.75, 3.05) is 5.32 Å². The third-order valence-electron chi connectivity index (χ3n) is 6.11. The van der Waals surface area contributed by atoms with Crippen molar-refractivity contribution in [2.45, 2.75) is 32.2 Å². The summed E-state index contributed by atoms with van der Waals surface area (Å²) in [5, 5.41) is 10.7. The zero-order valence-corrected chi connectivity index (χ0v) is 18.0. The second-order valence-corrected chi connectivity index (χ2v) is 8.47. The number of benzene rings is 2. The van der Waals surface area contributed by atoms with Crippen LogP contribution in [0.4, 0.5) is 11.6 Å². The van der Waals surface area contributed by atoms with Gasteiger partial charge in [-0.25, -0.2) is 9.67 Å². The van der Waals surface area contributed by atoms with E-state index in [0.29, 0.717) is 24.2 Å². The smallest absolute Gasteiger partial charge is 0.251 e. The minimum atomic E-state index is -0.0226. The van der Waals surface area contributed by atoms with Gasteiger partial charge in [0.1, 0.15) is 5.82 Å². The zero-order valence-electron chi connectivity index (χ0n) is 18.0. The van der Waals surface area contributed by atoms with E-state index in [0.717, 1.165) is 33.9 Å². The number of carbonyl (C=O) groups is 1. The molecule has 6 rings (SSSR count). The number of amides is 1. The van der Waals surface area contributed by atoms with Gasteiger partial charge in [-0.15, -0.1) is 5.10 Å². The van der Waals surface area contributed by atoms with Crippen molar-refractivity contribution in [2.24, 2.45) is 7.05 Å². The van der Waals surface area contributed by atoms with E-state index in [1.807, 2.05) is 44.3 Å². The van der Waals surface area contributed by atoms with Gasteiger partial charge in [0.25, 0.3) is 5.91 Å². The quantitative estimate of drug-likeness (QED) is 0.507. The molecule has 8 heteroatoms. The molecule has 0 atom stereocenters. The Morgan fingerprint density at radius 1 is 1.09 bits per heavy atom. The molecule has 1 fully saturated rings. The summed E-state index contributed by atoms with van der Waals surface area (Å²) in [7, 11) is 1.86. The van der Waals surface area contributed by atoms with E-state index < -0.39 is 0 Å². The number of fused-ring (bicyclic) bond motifs is 1. The molecule has 4 aromatic rings. The Kier molecular flexibility index (Phi) is 4.14. The zero-order chi connectivity index (χ0) is 21.8. The molecule has 160 valence electrons. The van der Waals surface area contributed by atoms with Gasteiger partial charge in [0.2, 0.25) is 5.95 Å². The Morgan fingerprint density at radius 2 is 1.91 bits per heavy atom. The lowest BCUT2D eigenvalue weighted by Gasteiger charge is -2.06. The van der Waals surface area contributed by atoms with E-state index in [2.05, 4.69) is 43.6 Å². The summed E-state index contributed by atoms with van der Waals surface area (Å²) in [6.45, 7) is 2.60. The number of nitrogens with zero attached hydrogens (tertiary/aromatic N) is 5. The standard InChI is InChI=1S/C24H23N7O/c1-14-26-21(15-3-4-15)13-31(14)19-8-5-16(6-9-19)22-28-24(30(2)29-22)27-18-7-10-20-17(11-18)12-25-23(20)32/h5-11,13,15H,3-4,12H2,1-2H3,(H,25,32)(H,27,28,29). The Hall–Kier alpha value is -3.94. The van der Waals surface area contributed by atoms with E-state index in [1.54, 1.807) is 4.68 Å². The number of aromatic nitrogens is 5. The molecule has 2 aromatic carbocycles. The molecule has 0 radical (unpaired) electrons. The number of anilines is 2. The highest BCUT2D eigenvalue weighted by atomic mass is 16.1. The number of imidazole rings is 1. The van der Waals surface area contributed by atoms with Crippen LogP contribution >= 0.6 is 0 Å². The van der Waals surface area contributed by atoms with Gasteiger partial charge in [0.05, 0.1) is 5.69 Å². The lowest BCUT2D eigenvalue weighted by Crippen LogP contribution is -2.12. The molecule has 1 saturated carbocycles. The highest BCUT2D eigenvalue weighted by Crippen LogP contribution is 2.39. The molecule has 2 N–H and O–H groups in total. The van der Waals surface area contributed by atoms with Crippen LogP contribution in [0, 0.1) is 6.92 Å². The second-order valence-electron chi connectivity index (χ2n) is 8.47. The normalized spacial score (nSPS) is 15.0. The number of aryl methyl sites for hydroxylation is 2. The van der Waals surface area contributed by atoms with E-state index in [9.17, 15) is 4.79 Å². The SMILES string of the molecule is Cc1nc(C2CC2)cn1-c1ccc(-c2nc(Nc3ccc4c(c3)CNC4=O)n(C)n2)cc1. The van der Waals surface area contributed by atoms with Crippen molar-refractivity contribution in [1.82, 2.24) is 29.6 Å². The number of rotatable bonds is 5. The van der Waals surface area contributed by atoms with Gasteiger partial charge in [-0.1, -0.05) is 0 Å². The first kappa shape index (κ1) is 18.8. The lowest BCUT2D eigenvalue weighted by atomic mass is 10.1. The summed E-state index contributed by atoms with van der Waals surface area (Å²) in [6, 6.07) is 13.9. The van der Waals surface area contributed by atoms with Crippen LogP contribution in [-0.4, -0.2) is 30.2 Å². The Balaban J connectivity index is 1.23. The lowest BCUT2D eigenvalue weighted by molar-refractivity contribution is 0.0966. The Labute approximate surface area is 185 Å². The van der Waals surface area contributed by atoms with Crippen LogP contribution < -0.4 is 10.6 Å². The first-order valence-corrected chi connectivity index (χ1v) is 10.8. The monoisotopic (exact) mass is 425 g/mol. The molecule has 0 unspecified atom stereocenters. The van der Waals surface area contributed by atoms with E-state index >= 15 is 0 Å². The minimum absolute atomic E-state index is 0.0226. The third kappa shape index (κ3) is 3.24. The van der Waals surface area contributed by atoms with E-state index in [4.69, 9.17) is 4.98 Å². The largest absolute Gasteiger partial charge is 0.348 e. The number of nitrogens with one attached hydrogen (secondary N) is 2. The molecular formula is C24H23N7O. The minimum Gasteiger partial charge on any atom is -0.348 e. The Bertz CT molecular complexity index is 1350. The van der Waals surface area contributed by atoms with Gasteiger partial charge >= 0.3 is 0 Å². The molecular weight excluding hydrogens is 402 g/mol. The van der Waals surface area contributed by atoms with E-state index in [1.165, 1.54) is 18.5 Å². The van der Waals surface area contributed by atoms with Crippen LogP contribution in [0.5, 0.6) is 0 Å². The first-order valence-electron chi connectivity index (χ1n) is 10.8. The van der Waals surface area contributed by atoms with Gasteiger partial charge in [-0.2, -0.15) is 4.98 Å². The highest BCUT2D eigenvalue weighted by Gasteiger charge is 2.26. The van der Waals surface area contributed by atoms with Gasteiger partial charge in [0.15, 0.2) is 5.82 Å². The molecule has 1 aliphatic carbocycles. The predicted molar refractivity (Wildman–Crippen MR) is 121 cm³/mol. The first-order chi connectivity index (χ1) is 15.5. The van der Waals surface area contributed by atoms with Crippen LogP contribution in [0.3, 0.4) is 0 Å². The van der Waals surface area contributed by atoms with Crippen molar-refractivity contribution in [3.05, 3.63) is 71.3 Å². The summed E-state index contributed by atoms with van der Waals surface area (Å²) in [4.78, 5) is 21.1. The average Bonchev–Trinajstić information content (AvgIpc) is 3.35. The fourth-order valence-electron chi connectivity index (χ4n) is 4.16. The molecule has 0 saturated heterocycles. The van der Waals surface area contributed by atoms with Gasteiger partial charge in [-0.05, 0) is 67.8 Å². The van der Waals surface area contributed by atoms with E-state index in [-0.39, 0.29) is 5.91 Å². The van der Waals surface area contributed by atoms with Gasteiger partial charge in [-0.3, -0.25) is 4.79 Å². The van der Waals surface area contributed by atoms with Crippen molar-refractivity contribution < 1.29 is 4.79 Å². The average molecular weight is 425 g/mol. The predicted octanol–water partition coefficient (Wildman–Crippen LogP) is 3.84. The molecule has 8 nitrogen and oxygen atoms in total. The molecule has 1 aliphatic heterocycles. The summed E-state index contributed by atoms with van der Waals surface area (Å²) in [5.74, 6) is 2.92. The number of hydrogen-bond donors (Lipinski definition) is 2. The molecule has 0 spiro atoms. The van der Waals surface area contributed by atoms with Crippen LogP contribution in [-0.2, 0) is 13.6 Å². The highest BCUT2D eigenvalue weighted by molar-refractivity contribution is 5.98. The van der Waals surface area contributed by atoms with Crippen molar-refractivity contribution >= 4 is 17.5 Å². The fourth-order valence-corrected chi connectivity index (χ4v) is 4.16. The topological polar surface area (TPSA) is 89.7 Å². The van der Waals surface area contributed by atoms with Gasteiger partial charge in [0, 0.05) is 48.2 Å². The van der Waals surface area contributed by atoms with Gasteiger partial charge < -0.3 is 15.2 Å². The molecule has 2 aliphatic rings. The Morgan fingerprint density at radius 3 is 2.69 bits per heavy atom. The summed E-state index contributed by atoms with van der Waals surface area (Å²) < 4.78 is 3.87. The summed E-state index contributed by atoms with van der Waals surface area (Å²) in [5.41, 5.74) is 5.81. The van der Waals surface area contributed by atoms with Crippen LogP contribution in [0.25, 0.3) is 17.1 Å². The van der Waals surface area contributed by atoms with Crippen molar-refractivity contribution in [3.63, 3.8) is 0 Å². The third-order valence-corrected chi connectivity index (χ3v) is 6.11. The molecule has 0 bridgehead atoms. The maximum atomic E-state index is 11.8. The van der Waals surface area contributed by atoms with Crippen LogP contribution in [0.2, 0.25) is 0 Å². The molecule has 2 aromatic heterocycles. The maximum absolute atomic E-state index is 11.8. The summed E-state index contributed by atoms with van der Waals surface area (Å²) >= 11 is 0. The maximum Gasteiger partial charge on any atom is 0.251 e. The molecule has 1 amide bonds. The van der Waals surface area contributed by atoms with Crippen LogP contribution in [0.1, 0.15) is 46.2 Å². The summed E-state index contributed by atoms with van der Waals surface area (Å²) in [6.07, 6.45) is 4.65. The fraction of sp³-hybridized carbons (Fsp3) is 0.250. The molecule has 3 heterocycles. The molecule has 32 heavy (non-hydrogen) atoms.